The van der Waals surface area contributed by atoms with Gasteiger partial charge in [0, 0.05) is 11.1 Å². The lowest BCUT2D eigenvalue weighted by Gasteiger charge is -2.08. The number of pyridine rings is 1. The molecule has 0 amide bonds. The molecular weight excluding hydrogens is 358 g/mol. The van der Waals surface area contributed by atoms with Gasteiger partial charge in [-0.15, -0.1) is 10.2 Å². The summed E-state index contributed by atoms with van der Waals surface area (Å²) in [7, 11) is 1.66. The van der Waals surface area contributed by atoms with Crippen LogP contribution in [0.2, 0.25) is 0 Å². The Kier molecular flexibility index (Phi) is 5.16. The van der Waals surface area contributed by atoms with Crippen LogP contribution in [0.4, 0.5) is 0 Å². The summed E-state index contributed by atoms with van der Waals surface area (Å²) in [6.07, 6.45) is 0.926. The van der Waals surface area contributed by atoms with Crippen molar-refractivity contribution in [2.45, 2.75) is 18.5 Å². The van der Waals surface area contributed by atoms with Crippen LogP contribution in [0.5, 0.6) is 11.5 Å². The van der Waals surface area contributed by atoms with Gasteiger partial charge in [0.1, 0.15) is 11.5 Å². The summed E-state index contributed by atoms with van der Waals surface area (Å²) in [6, 6.07) is 18.1. The number of rotatable bonds is 7. The number of thioether (sulfide) groups is 1. The first-order valence-electron chi connectivity index (χ1n) is 8.89. The zero-order valence-corrected chi connectivity index (χ0v) is 16.2. The number of para-hydroxylation sites is 1. The highest BCUT2D eigenvalue weighted by atomic mass is 32.2. The van der Waals surface area contributed by atoms with Crippen LogP contribution in [0.25, 0.3) is 16.6 Å². The van der Waals surface area contributed by atoms with Gasteiger partial charge in [0.2, 0.25) is 0 Å². The number of fused-ring (bicyclic) bond motifs is 3. The van der Waals surface area contributed by atoms with E-state index in [0.29, 0.717) is 6.61 Å². The first-order chi connectivity index (χ1) is 13.3. The van der Waals surface area contributed by atoms with Gasteiger partial charge in [-0.2, -0.15) is 0 Å². The average Bonchev–Trinajstić information content (AvgIpc) is 3.11. The molecule has 0 N–H and O–H groups in total. The molecule has 0 spiro atoms. The number of ether oxygens (including phenoxy) is 2. The standard InChI is InChI=1S/C21H21N3O2S/c1-15-14-20-22-23-21(24(20)19-7-4-3-6-18(15)19)27-13-5-12-26-17-10-8-16(25-2)9-11-17/h3-4,6-11,14H,5,12-13H2,1-2H3. The number of hydrogen-bond acceptors (Lipinski definition) is 5. The van der Waals surface area contributed by atoms with Crippen LogP contribution in [-0.2, 0) is 0 Å². The zero-order chi connectivity index (χ0) is 18.6. The van der Waals surface area contributed by atoms with E-state index < -0.39 is 0 Å². The van der Waals surface area contributed by atoms with Gasteiger partial charge in [-0.05, 0) is 55.3 Å². The summed E-state index contributed by atoms with van der Waals surface area (Å²) in [5.74, 6) is 2.60. The Morgan fingerprint density at radius 2 is 1.78 bits per heavy atom. The number of hydrogen-bond donors (Lipinski definition) is 0. The van der Waals surface area contributed by atoms with E-state index >= 15 is 0 Å². The molecular formula is C21H21N3O2S. The molecule has 0 atom stereocenters. The molecule has 6 heteroatoms. The summed E-state index contributed by atoms with van der Waals surface area (Å²) in [5, 5.41) is 10.9. The summed E-state index contributed by atoms with van der Waals surface area (Å²) < 4.78 is 13.1. The van der Waals surface area contributed by atoms with E-state index in [9.17, 15) is 0 Å². The van der Waals surface area contributed by atoms with E-state index in [4.69, 9.17) is 9.47 Å². The first-order valence-corrected chi connectivity index (χ1v) is 9.88. The van der Waals surface area contributed by atoms with Crippen LogP contribution in [-0.4, -0.2) is 34.1 Å². The van der Waals surface area contributed by atoms with Gasteiger partial charge in [0.25, 0.3) is 0 Å². The fraction of sp³-hybridized carbons (Fsp3) is 0.238. The largest absolute Gasteiger partial charge is 0.497 e. The van der Waals surface area contributed by atoms with Crippen LogP contribution >= 0.6 is 11.8 Å². The Morgan fingerprint density at radius 3 is 2.59 bits per heavy atom. The predicted octanol–water partition coefficient (Wildman–Crippen LogP) is 4.76. The van der Waals surface area contributed by atoms with Gasteiger partial charge in [0.05, 0.1) is 19.2 Å². The lowest BCUT2D eigenvalue weighted by atomic mass is 10.1. The second-order valence-corrected chi connectivity index (χ2v) is 7.31. The minimum atomic E-state index is 0.663. The lowest BCUT2D eigenvalue weighted by molar-refractivity contribution is 0.318. The Bertz CT molecular complexity index is 1060. The third-order valence-electron chi connectivity index (χ3n) is 4.42. The topological polar surface area (TPSA) is 48.7 Å². The Morgan fingerprint density at radius 1 is 1.00 bits per heavy atom. The maximum absolute atomic E-state index is 5.79. The zero-order valence-electron chi connectivity index (χ0n) is 15.4. The van der Waals surface area contributed by atoms with Gasteiger partial charge in [-0.1, -0.05) is 30.0 Å². The number of nitrogens with zero attached hydrogens (tertiary/aromatic N) is 3. The van der Waals surface area contributed by atoms with E-state index in [0.717, 1.165) is 40.0 Å². The molecule has 4 rings (SSSR count). The van der Waals surface area contributed by atoms with E-state index in [1.807, 2.05) is 24.3 Å². The molecule has 4 aromatic rings. The van der Waals surface area contributed by atoms with Crippen LogP contribution in [0.1, 0.15) is 12.0 Å². The van der Waals surface area contributed by atoms with Crippen molar-refractivity contribution < 1.29 is 9.47 Å². The Labute approximate surface area is 162 Å². The smallest absolute Gasteiger partial charge is 0.196 e. The van der Waals surface area contributed by atoms with E-state index in [-0.39, 0.29) is 0 Å². The fourth-order valence-corrected chi connectivity index (χ4v) is 3.92. The molecule has 2 aromatic heterocycles. The fourth-order valence-electron chi connectivity index (χ4n) is 3.05. The van der Waals surface area contributed by atoms with Gasteiger partial charge >= 0.3 is 0 Å². The molecule has 27 heavy (non-hydrogen) atoms. The molecule has 0 aliphatic carbocycles. The van der Waals surface area contributed by atoms with E-state index in [1.54, 1.807) is 18.9 Å². The van der Waals surface area contributed by atoms with E-state index in [2.05, 4.69) is 51.9 Å². The monoisotopic (exact) mass is 379 g/mol. The quantitative estimate of drug-likeness (QED) is 0.342. The van der Waals surface area contributed by atoms with Crippen molar-refractivity contribution in [2.75, 3.05) is 19.5 Å². The highest BCUT2D eigenvalue weighted by molar-refractivity contribution is 7.99. The molecule has 0 fully saturated rings. The van der Waals surface area contributed by atoms with Crippen LogP contribution in [0, 0.1) is 6.92 Å². The number of aryl methyl sites for hydroxylation is 1. The van der Waals surface area contributed by atoms with Crippen molar-refractivity contribution in [1.82, 2.24) is 14.6 Å². The Balaban J connectivity index is 1.40. The average molecular weight is 379 g/mol. The number of methoxy groups -OCH3 is 1. The van der Waals surface area contributed by atoms with Crippen molar-refractivity contribution >= 4 is 28.3 Å². The maximum Gasteiger partial charge on any atom is 0.196 e. The highest BCUT2D eigenvalue weighted by Gasteiger charge is 2.11. The molecule has 0 radical (unpaired) electrons. The second kappa shape index (κ2) is 7.88. The number of aromatic nitrogens is 3. The summed E-state index contributed by atoms with van der Waals surface area (Å²) >= 11 is 1.71. The van der Waals surface area contributed by atoms with Crippen LogP contribution in [0.3, 0.4) is 0 Å². The molecule has 0 saturated heterocycles. The third-order valence-corrected chi connectivity index (χ3v) is 5.44. The minimum Gasteiger partial charge on any atom is -0.497 e. The van der Waals surface area contributed by atoms with Crippen LogP contribution < -0.4 is 9.47 Å². The molecule has 0 unspecified atom stereocenters. The second-order valence-electron chi connectivity index (χ2n) is 6.25. The first kappa shape index (κ1) is 17.7. The summed E-state index contributed by atoms with van der Waals surface area (Å²) in [4.78, 5) is 0. The van der Waals surface area contributed by atoms with Gasteiger partial charge in [-0.3, -0.25) is 4.40 Å². The van der Waals surface area contributed by atoms with Crippen molar-refractivity contribution in [3.05, 3.63) is 60.2 Å². The van der Waals surface area contributed by atoms with Crippen molar-refractivity contribution in [1.29, 1.82) is 0 Å². The molecule has 5 nitrogen and oxygen atoms in total. The Hall–Kier alpha value is -2.73. The molecule has 0 bridgehead atoms. The third kappa shape index (κ3) is 3.71. The molecule has 2 aromatic carbocycles. The summed E-state index contributed by atoms with van der Waals surface area (Å²) in [6.45, 7) is 2.77. The van der Waals surface area contributed by atoms with E-state index in [1.165, 1.54) is 10.9 Å². The van der Waals surface area contributed by atoms with Crippen LogP contribution in [0.15, 0.2) is 59.8 Å². The molecule has 0 aliphatic rings. The van der Waals surface area contributed by atoms with Crippen molar-refractivity contribution in [3.8, 4) is 11.5 Å². The van der Waals surface area contributed by atoms with Gasteiger partial charge in [-0.25, -0.2) is 0 Å². The lowest BCUT2D eigenvalue weighted by Crippen LogP contribution is -1.99. The molecule has 2 heterocycles. The maximum atomic E-state index is 5.79. The van der Waals surface area contributed by atoms with Gasteiger partial charge < -0.3 is 9.47 Å². The number of benzene rings is 2. The van der Waals surface area contributed by atoms with Gasteiger partial charge in [0.15, 0.2) is 10.8 Å². The molecule has 138 valence electrons. The summed E-state index contributed by atoms with van der Waals surface area (Å²) in [5.41, 5.74) is 3.26. The SMILES string of the molecule is COc1ccc(OCCCSc2nnc3cc(C)c4ccccc4n23)cc1. The molecule has 0 saturated carbocycles. The molecule has 0 aliphatic heterocycles. The van der Waals surface area contributed by atoms with Crippen molar-refractivity contribution in [3.63, 3.8) is 0 Å². The normalized spacial score (nSPS) is 11.2. The highest BCUT2D eigenvalue weighted by Crippen LogP contribution is 2.26. The minimum absolute atomic E-state index is 0.663. The van der Waals surface area contributed by atoms with Crippen molar-refractivity contribution in [2.24, 2.45) is 0 Å². The predicted molar refractivity (Wildman–Crippen MR) is 109 cm³/mol.